The number of carbonyl (C=O) groups excluding carboxylic acids is 1. The van der Waals surface area contributed by atoms with E-state index in [9.17, 15) is 4.79 Å². The highest BCUT2D eigenvalue weighted by Crippen LogP contribution is 2.39. The molecule has 0 spiro atoms. The molecule has 108 valence electrons. The fraction of sp³-hybridized carbons (Fsp3) is 0.235. The first-order valence-electron chi connectivity index (χ1n) is 7.04. The van der Waals surface area contributed by atoms with Gasteiger partial charge in [-0.1, -0.05) is 36.4 Å². The van der Waals surface area contributed by atoms with Crippen LogP contribution in [0, 0.1) is 0 Å². The summed E-state index contributed by atoms with van der Waals surface area (Å²) in [6.07, 6.45) is 0.404. The molecule has 0 saturated heterocycles. The molecule has 0 saturated carbocycles. The number of para-hydroxylation sites is 1. The van der Waals surface area contributed by atoms with E-state index in [1.54, 1.807) is 7.05 Å². The lowest BCUT2D eigenvalue weighted by Crippen LogP contribution is -2.21. The molecule has 2 aromatic carbocycles. The van der Waals surface area contributed by atoms with Gasteiger partial charge in [-0.3, -0.25) is 4.79 Å². The molecule has 2 N–H and O–H groups in total. The van der Waals surface area contributed by atoms with Gasteiger partial charge in [0.2, 0.25) is 5.91 Å². The van der Waals surface area contributed by atoms with E-state index >= 15 is 0 Å². The number of carbonyl (C=O) groups is 1. The third-order valence-corrected chi connectivity index (χ3v) is 4.86. The average Bonchev–Trinajstić information content (AvgIpc) is 2.92. The van der Waals surface area contributed by atoms with Crippen LogP contribution < -0.4 is 10.6 Å². The van der Waals surface area contributed by atoms with Gasteiger partial charge in [0, 0.05) is 23.4 Å². The third-order valence-electron chi connectivity index (χ3n) is 3.68. The Bertz CT molecular complexity index is 657. The van der Waals surface area contributed by atoms with Crippen molar-refractivity contribution < 1.29 is 4.79 Å². The number of rotatable bonds is 4. The molecule has 1 aliphatic rings. The van der Waals surface area contributed by atoms with Crippen LogP contribution >= 0.6 is 11.8 Å². The van der Waals surface area contributed by atoms with Gasteiger partial charge in [-0.05, 0) is 23.3 Å². The number of fused-ring (bicyclic) bond motifs is 1. The van der Waals surface area contributed by atoms with Gasteiger partial charge < -0.3 is 10.6 Å². The summed E-state index contributed by atoms with van der Waals surface area (Å²) in [6, 6.07) is 16.8. The van der Waals surface area contributed by atoms with Gasteiger partial charge in [0.1, 0.15) is 0 Å². The molecule has 0 fully saturated rings. The lowest BCUT2D eigenvalue weighted by molar-refractivity contribution is -0.119. The number of thioether (sulfide) groups is 1. The minimum absolute atomic E-state index is 0.0328. The van der Waals surface area contributed by atoms with E-state index in [4.69, 9.17) is 0 Å². The second-order valence-electron chi connectivity index (χ2n) is 5.05. The molecule has 0 aliphatic carbocycles. The minimum atomic E-state index is 0.0328. The number of anilines is 1. The van der Waals surface area contributed by atoms with Crippen molar-refractivity contribution in [3.63, 3.8) is 0 Å². The van der Waals surface area contributed by atoms with Crippen molar-refractivity contribution in [3.8, 4) is 0 Å². The zero-order chi connectivity index (χ0) is 14.7. The van der Waals surface area contributed by atoms with Gasteiger partial charge in [-0.25, -0.2) is 0 Å². The van der Waals surface area contributed by atoms with E-state index in [0.29, 0.717) is 12.5 Å². The van der Waals surface area contributed by atoms with Gasteiger partial charge in [-0.2, -0.15) is 0 Å². The van der Waals surface area contributed by atoms with Crippen LogP contribution in [-0.2, 0) is 11.2 Å². The Hall–Kier alpha value is -1.94. The maximum absolute atomic E-state index is 11.6. The summed E-state index contributed by atoms with van der Waals surface area (Å²) in [4.78, 5) is 13.0. The van der Waals surface area contributed by atoms with E-state index in [1.807, 2.05) is 36.0 Å². The first-order valence-corrected chi connectivity index (χ1v) is 8.03. The number of amides is 1. The van der Waals surface area contributed by atoms with Crippen LogP contribution in [-0.4, -0.2) is 18.7 Å². The van der Waals surface area contributed by atoms with Crippen molar-refractivity contribution in [2.24, 2.45) is 0 Å². The largest absolute Gasteiger partial charge is 0.377 e. The summed E-state index contributed by atoms with van der Waals surface area (Å²) >= 11 is 1.88. The third kappa shape index (κ3) is 3.05. The maximum atomic E-state index is 11.6. The van der Waals surface area contributed by atoms with Gasteiger partial charge in [-0.15, -0.1) is 11.8 Å². The minimum Gasteiger partial charge on any atom is -0.377 e. The Balaban J connectivity index is 1.81. The molecule has 3 rings (SSSR count). The molecule has 1 atom stereocenters. The molecule has 3 nitrogen and oxygen atoms in total. The van der Waals surface area contributed by atoms with Crippen molar-refractivity contribution in [2.45, 2.75) is 17.4 Å². The zero-order valence-electron chi connectivity index (χ0n) is 11.9. The fourth-order valence-corrected chi connectivity index (χ4v) is 3.71. The summed E-state index contributed by atoms with van der Waals surface area (Å²) in [6.45, 7) is 0. The quantitative estimate of drug-likeness (QED) is 0.910. The number of likely N-dealkylation sites (N-methyl/N-ethyl adjacent to an activating group) is 1. The van der Waals surface area contributed by atoms with Crippen molar-refractivity contribution in [1.29, 1.82) is 0 Å². The summed E-state index contributed by atoms with van der Waals surface area (Å²) in [5.41, 5.74) is 3.42. The fourth-order valence-electron chi connectivity index (χ4n) is 2.55. The molecule has 0 bridgehead atoms. The highest BCUT2D eigenvalue weighted by molar-refractivity contribution is 7.99. The van der Waals surface area contributed by atoms with Crippen molar-refractivity contribution in [2.75, 3.05) is 18.1 Å². The topological polar surface area (TPSA) is 41.1 Å². The average molecular weight is 298 g/mol. The molecule has 1 aliphatic heterocycles. The van der Waals surface area contributed by atoms with Gasteiger partial charge in [0.05, 0.1) is 12.5 Å². The Labute approximate surface area is 129 Å². The Morgan fingerprint density at radius 3 is 2.81 bits per heavy atom. The van der Waals surface area contributed by atoms with Crippen LogP contribution in [0.5, 0.6) is 0 Å². The Morgan fingerprint density at radius 1 is 1.19 bits per heavy atom. The van der Waals surface area contributed by atoms with Crippen LogP contribution in [0.2, 0.25) is 0 Å². The molecule has 1 heterocycles. The van der Waals surface area contributed by atoms with Crippen molar-refractivity contribution in [1.82, 2.24) is 5.32 Å². The number of hydrogen-bond acceptors (Lipinski definition) is 3. The molecular weight excluding hydrogens is 280 g/mol. The Kier molecular flexibility index (Phi) is 4.15. The molecule has 2 aromatic rings. The monoisotopic (exact) mass is 298 g/mol. The van der Waals surface area contributed by atoms with Crippen LogP contribution in [0.3, 0.4) is 0 Å². The summed E-state index contributed by atoms with van der Waals surface area (Å²) in [7, 11) is 1.67. The lowest BCUT2D eigenvalue weighted by Gasteiger charge is -2.17. The van der Waals surface area contributed by atoms with Gasteiger partial charge >= 0.3 is 0 Å². The summed E-state index contributed by atoms with van der Waals surface area (Å²) in [5.74, 6) is 1.05. The van der Waals surface area contributed by atoms with E-state index < -0.39 is 0 Å². The predicted octanol–water partition coefficient (Wildman–Crippen LogP) is 3.23. The smallest absolute Gasteiger partial charge is 0.224 e. The molecule has 21 heavy (non-hydrogen) atoms. The first-order chi connectivity index (χ1) is 10.3. The summed E-state index contributed by atoms with van der Waals surface area (Å²) in [5, 5.41) is 6.27. The van der Waals surface area contributed by atoms with E-state index in [0.717, 1.165) is 17.0 Å². The first kappa shape index (κ1) is 14.0. The normalized spacial score (nSPS) is 16.3. The van der Waals surface area contributed by atoms with Crippen LogP contribution in [0.1, 0.15) is 17.2 Å². The number of hydrogen-bond donors (Lipinski definition) is 2. The van der Waals surface area contributed by atoms with E-state index in [2.05, 4.69) is 34.9 Å². The maximum Gasteiger partial charge on any atom is 0.224 e. The SMILES string of the molecule is CNC(=O)Cc1ccccc1NC1CSc2ccccc21. The standard InChI is InChI=1S/C17H18N2OS/c1-18-17(20)10-12-6-2-4-8-14(12)19-15-11-21-16-9-5-3-7-13(15)16/h2-9,15,19H,10-11H2,1H3,(H,18,20). The van der Waals surface area contributed by atoms with Gasteiger partial charge in [0.15, 0.2) is 0 Å². The van der Waals surface area contributed by atoms with Crippen LogP contribution in [0.15, 0.2) is 53.4 Å². The van der Waals surface area contributed by atoms with Crippen LogP contribution in [0.25, 0.3) is 0 Å². The predicted molar refractivity (Wildman–Crippen MR) is 87.7 cm³/mol. The number of nitrogens with one attached hydrogen (secondary N) is 2. The highest BCUT2D eigenvalue weighted by atomic mass is 32.2. The molecule has 4 heteroatoms. The Morgan fingerprint density at radius 2 is 1.95 bits per heavy atom. The van der Waals surface area contributed by atoms with E-state index in [1.165, 1.54) is 10.5 Å². The molecular formula is C17H18N2OS. The molecule has 0 radical (unpaired) electrons. The van der Waals surface area contributed by atoms with Gasteiger partial charge in [0.25, 0.3) is 0 Å². The highest BCUT2D eigenvalue weighted by Gasteiger charge is 2.23. The lowest BCUT2D eigenvalue weighted by atomic mass is 10.1. The van der Waals surface area contributed by atoms with Crippen LogP contribution in [0.4, 0.5) is 5.69 Å². The molecule has 0 aromatic heterocycles. The summed E-state index contributed by atoms with van der Waals surface area (Å²) < 4.78 is 0. The second-order valence-corrected chi connectivity index (χ2v) is 6.11. The van der Waals surface area contributed by atoms with Crippen molar-refractivity contribution in [3.05, 3.63) is 59.7 Å². The molecule has 1 amide bonds. The van der Waals surface area contributed by atoms with Crippen molar-refractivity contribution >= 4 is 23.4 Å². The number of benzene rings is 2. The second kappa shape index (κ2) is 6.22. The zero-order valence-corrected chi connectivity index (χ0v) is 12.7. The molecule has 1 unspecified atom stereocenters. The van der Waals surface area contributed by atoms with E-state index in [-0.39, 0.29) is 5.91 Å².